The predicted molar refractivity (Wildman–Crippen MR) is 52.3 cm³/mol. The van der Waals surface area contributed by atoms with Crippen molar-refractivity contribution in [3.05, 3.63) is 23.9 Å². The standard InChI is InChI=1S/C10H10N4/c11-4-1-2-5-13-10-7-9(8-12)3-6-14-10/h3,6-7H,1-2,5H2,(H,13,14). The zero-order chi connectivity index (χ0) is 10.2. The Morgan fingerprint density at radius 2 is 2.29 bits per heavy atom. The molecule has 0 saturated carbocycles. The molecule has 4 heteroatoms. The average Bonchev–Trinajstić information content (AvgIpc) is 2.25. The first-order valence-corrected chi connectivity index (χ1v) is 4.34. The van der Waals surface area contributed by atoms with Crippen molar-refractivity contribution in [3.63, 3.8) is 0 Å². The van der Waals surface area contributed by atoms with E-state index in [4.69, 9.17) is 10.5 Å². The zero-order valence-electron chi connectivity index (χ0n) is 7.70. The Hall–Kier alpha value is -2.07. The molecule has 0 fully saturated rings. The van der Waals surface area contributed by atoms with Gasteiger partial charge in [-0.15, -0.1) is 0 Å². The molecular formula is C10H10N4. The molecule has 14 heavy (non-hydrogen) atoms. The lowest BCUT2D eigenvalue weighted by Crippen LogP contribution is -2.02. The number of rotatable bonds is 4. The van der Waals surface area contributed by atoms with E-state index in [1.54, 1.807) is 18.3 Å². The van der Waals surface area contributed by atoms with Crippen LogP contribution in [0.4, 0.5) is 5.82 Å². The molecule has 0 aliphatic heterocycles. The monoisotopic (exact) mass is 186 g/mol. The van der Waals surface area contributed by atoms with Crippen LogP contribution in [0.2, 0.25) is 0 Å². The van der Waals surface area contributed by atoms with Crippen molar-refractivity contribution < 1.29 is 0 Å². The summed E-state index contributed by atoms with van der Waals surface area (Å²) in [5, 5.41) is 20.0. The lowest BCUT2D eigenvalue weighted by Gasteiger charge is -2.02. The van der Waals surface area contributed by atoms with Crippen LogP contribution in [0.25, 0.3) is 0 Å². The molecule has 1 rings (SSSR count). The minimum Gasteiger partial charge on any atom is -0.370 e. The van der Waals surface area contributed by atoms with Crippen LogP contribution >= 0.6 is 0 Å². The summed E-state index contributed by atoms with van der Waals surface area (Å²) in [6, 6.07) is 7.44. The van der Waals surface area contributed by atoms with E-state index in [1.807, 2.05) is 6.07 Å². The minimum absolute atomic E-state index is 0.533. The summed E-state index contributed by atoms with van der Waals surface area (Å²) in [6.45, 7) is 0.704. The maximum absolute atomic E-state index is 8.62. The van der Waals surface area contributed by atoms with Crippen molar-refractivity contribution in [2.24, 2.45) is 0 Å². The van der Waals surface area contributed by atoms with Gasteiger partial charge in [0.2, 0.25) is 0 Å². The van der Waals surface area contributed by atoms with E-state index in [1.165, 1.54) is 0 Å². The number of nitrogens with one attached hydrogen (secondary N) is 1. The molecule has 0 amide bonds. The van der Waals surface area contributed by atoms with Crippen LogP contribution in [0.3, 0.4) is 0 Å². The molecule has 0 aromatic carbocycles. The molecule has 0 aliphatic rings. The predicted octanol–water partition coefficient (Wildman–Crippen LogP) is 1.67. The SMILES string of the molecule is N#CCCCNc1cc(C#N)ccn1. The fourth-order valence-corrected chi connectivity index (χ4v) is 0.981. The Balaban J connectivity index is 2.44. The lowest BCUT2D eigenvalue weighted by molar-refractivity contribution is 0.892. The first-order valence-electron chi connectivity index (χ1n) is 4.34. The van der Waals surface area contributed by atoms with Gasteiger partial charge < -0.3 is 5.32 Å². The number of pyridine rings is 1. The number of nitriles is 2. The molecule has 70 valence electrons. The Morgan fingerprint density at radius 1 is 1.43 bits per heavy atom. The summed E-state index contributed by atoms with van der Waals surface area (Å²) < 4.78 is 0. The van der Waals surface area contributed by atoms with Gasteiger partial charge in [-0.3, -0.25) is 0 Å². The molecule has 0 unspecified atom stereocenters. The summed E-state index contributed by atoms with van der Waals surface area (Å²) in [4.78, 5) is 4.04. The maximum Gasteiger partial charge on any atom is 0.127 e. The summed E-state index contributed by atoms with van der Waals surface area (Å²) in [6.07, 6.45) is 2.91. The third-order valence-electron chi connectivity index (χ3n) is 1.66. The van der Waals surface area contributed by atoms with Gasteiger partial charge in [-0.05, 0) is 18.6 Å². The third kappa shape index (κ3) is 3.12. The van der Waals surface area contributed by atoms with Gasteiger partial charge in [0, 0.05) is 19.2 Å². The van der Waals surface area contributed by atoms with Crippen molar-refractivity contribution in [1.82, 2.24) is 4.98 Å². The van der Waals surface area contributed by atoms with Crippen molar-refractivity contribution >= 4 is 5.82 Å². The van der Waals surface area contributed by atoms with Crippen molar-refractivity contribution in [3.8, 4) is 12.1 Å². The van der Waals surface area contributed by atoms with E-state index in [9.17, 15) is 0 Å². The number of nitrogens with zero attached hydrogens (tertiary/aromatic N) is 3. The lowest BCUT2D eigenvalue weighted by atomic mass is 10.3. The van der Waals surface area contributed by atoms with Gasteiger partial charge in [0.25, 0.3) is 0 Å². The van der Waals surface area contributed by atoms with Crippen LogP contribution in [0.1, 0.15) is 18.4 Å². The normalized spacial score (nSPS) is 8.71. The van der Waals surface area contributed by atoms with Crippen molar-refractivity contribution in [1.29, 1.82) is 10.5 Å². The van der Waals surface area contributed by atoms with E-state index in [-0.39, 0.29) is 0 Å². The van der Waals surface area contributed by atoms with Gasteiger partial charge in [-0.2, -0.15) is 10.5 Å². The fourth-order valence-electron chi connectivity index (χ4n) is 0.981. The third-order valence-corrected chi connectivity index (χ3v) is 1.66. The molecular weight excluding hydrogens is 176 g/mol. The molecule has 4 nitrogen and oxygen atoms in total. The molecule has 0 radical (unpaired) electrons. The molecule has 0 atom stereocenters. The van der Waals surface area contributed by atoms with Crippen LogP contribution in [0, 0.1) is 22.7 Å². The second kappa shape index (κ2) is 5.55. The van der Waals surface area contributed by atoms with E-state index in [0.29, 0.717) is 24.3 Å². The number of hydrogen-bond acceptors (Lipinski definition) is 4. The molecule has 1 N–H and O–H groups in total. The van der Waals surface area contributed by atoms with Gasteiger partial charge in [0.1, 0.15) is 5.82 Å². The van der Waals surface area contributed by atoms with E-state index in [0.717, 1.165) is 6.42 Å². The van der Waals surface area contributed by atoms with Crippen LogP contribution < -0.4 is 5.32 Å². The highest BCUT2D eigenvalue weighted by Gasteiger charge is 1.94. The van der Waals surface area contributed by atoms with Crippen molar-refractivity contribution in [2.45, 2.75) is 12.8 Å². The van der Waals surface area contributed by atoms with Crippen LogP contribution in [-0.2, 0) is 0 Å². The first kappa shape index (κ1) is 10.0. The topological polar surface area (TPSA) is 72.5 Å². The maximum atomic E-state index is 8.62. The largest absolute Gasteiger partial charge is 0.370 e. The highest BCUT2D eigenvalue weighted by Crippen LogP contribution is 2.05. The average molecular weight is 186 g/mol. The number of unbranched alkanes of at least 4 members (excludes halogenated alkanes) is 1. The molecule has 0 saturated heterocycles. The summed E-state index contributed by atoms with van der Waals surface area (Å²) >= 11 is 0. The molecule has 1 heterocycles. The van der Waals surface area contributed by atoms with Crippen LogP contribution in [0.15, 0.2) is 18.3 Å². The second-order valence-corrected chi connectivity index (χ2v) is 2.73. The number of anilines is 1. The molecule has 0 aliphatic carbocycles. The molecule has 0 spiro atoms. The van der Waals surface area contributed by atoms with Gasteiger partial charge >= 0.3 is 0 Å². The highest BCUT2D eigenvalue weighted by atomic mass is 15.0. The van der Waals surface area contributed by atoms with Gasteiger partial charge in [-0.1, -0.05) is 0 Å². The quantitative estimate of drug-likeness (QED) is 0.726. The smallest absolute Gasteiger partial charge is 0.127 e. The van der Waals surface area contributed by atoms with E-state index >= 15 is 0 Å². The number of aromatic nitrogens is 1. The Bertz CT molecular complexity index is 372. The Morgan fingerprint density at radius 3 is 3.00 bits per heavy atom. The summed E-state index contributed by atoms with van der Waals surface area (Å²) in [5.41, 5.74) is 0.586. The van der Waals surface area contributed by atoms with Gasteiger partial charge in [0.05, 0.1) is 17.7 Å². The van der Waals surface area contributed by atoms with Crippen LogP contribution in [0.5, 0.6) is 0 Å². The zero-order valence-corrected chi connectivity index (χ0v) is 7.70. The number of hydrogen-bond donors (Lipinski definition) is 1. The van der Waals surface area contributed by atoms with Crippen LogP contribution in [-0.4, -0.2) is 11.5 Å². The highest BCUT2D eigenvalue weighted by molar-refractivity contribution is 5.42. The summed E-state index contributed by atoms with van der Waals surface area (Å²) in [7, 11) is 0. The second-order valence-electron chi connectivity index (χ2n) is 2.73. The Kier molecular flexibility index (Phi) is 3.97. The van der Waals surface area contributed by atoms with Crippen molar-refractivity contribution in [2.75, 3.05) is 11.9 Å². The Labute approximate surface area is 82.8 Å². The molecule has 0 bridgehead atoms. The van der Waals surface area contributed by atoms with E-state index in [2.05, 4.69) is 16.4 Å². The van der Waals surface area contributed by atoms with E-state index < -0.39 is 0 Å². The summed E-state index contributed by atoms with van der Waals surface area (Å²) in [5.74, 6) is 0.682. The molecule has 1 aromatic heterocycles. The van der Waals surface area contributed by atoms with Gasteiger partial charge in [-0.25, -0.2) is 4.98 Å². The molecule has 1 aromatic rings. The minimum atomic E-state index is 0.533. The first-order chi connectivity index (χ1) is 6.86. The fraction of sp³-hybridized carbons (Fsp3) is 0.300. The van der Waals surface area contributed by atoms with Gasteiger partial charge in [0.15, 0.2) is 0 Å².